The molecule has 0 radical (unpaired) electrons. The highest BCUT2D eigenvalue weighted by Crippen LogP contribution is 2.18. The van der Waals surface area contributed by atoms with Gasteiger partial charge in [-0.2, -0.15) is 0 Å². The van der Waals surface area contributed by atoms with Crippen LogP contribution in [0.25, 0.3) is 0 Å². The molecule has 2 aromatic rings. The monoisotopic (exact) mass is 425 g/mol. The first-order valence-corrected chi connectivity index (χ1v) is 10.3. The molecule has 1 heterocycles. The molecule has 1 aliphatic rings. The minimum absolute atomic E-state index is 0.0813. The Morgan fingerprint density at radius 2 is 1.61 bits per heavy atom. The smallest absolute Gasteiger partial charge is 0.263 e. The van der Waals surface area contributed by atoms with Crippen LogP contribution in [0.4, 0.5) is 0 Å². The van der Waals surface area contributed by atoms with Crippen molar-refractivity contribution >= 4 is 17.7 Å². The highest BCUT2D eigenvalue weighted by Gasteiger charge is 2.26. The molecular weight excluding hydrogens is 398 g/mol. The van der Waals surface area contributed by atoms with Gasteiger partial charge in [-0.15, -0.1) is 0 Å². The molecule has 1 saturated heterocycles. The molecule has 0 aliphatic carbocycles. The Bertz CT molecular complexity index is 901. The number of benzene rings is 2. The van der Waals surface area contributed by atoms with Gasteiger partial charge in [0.2, 0.25) is 5.91 Å². The lowest BCUT2D eigenvalue weighted by atomic mass is 10.2. The van der Waals surface area contributed by atoms with Crippen molar-refractivity contribution in [2.24, 2.45) is 0 Å². The second-order valence-electron chi connectivity index (χ2n) is 7.36. The van der Waals surface area contributed by atoms with E-state index in [0.29, 0.717) is 43.9 Å². The molecule has 3 rings (SSSR count). The number of hydrogen-bond donors (Lipinski definition) is 2. The first-order valence-electron chi connectivity index (χ1n) is 10.3. The normalized spacial score (nSPS) is 15.0. The van der Waals surface area contributed by atoms with Gasteiger partial charge in [0, 0.05) is 31.7 Å². The summed E-state index contributed by atoms with van der Waals surface area (Å²) in [4.78, 5) is 40.8. The predicted octanol–water partition coefficient (Wildman–Crippen LogP) is 1.65. The van der Waals surface area contributed by atoms with E-state index in [1.165, 1.54) is 12.1 Å². The zero-order valence-corrected chi connectivity index (χ0v) is 17.5. The zero-order valence-electron chi connectivity index (χ0n) is 17.5. The zero-order chi connectivity index (χ0) is 22.2. The molecule has 1 unspecified atom stereocenters. The van der Waals surface area contributed by atoms with E-state index >= 15 is 0 Å². The van der Waals surface area contributed by atoms with Gasteiger partial charge < -0.3 is 25.0 Å². The number of carbonyl (C=O) groups is 3. The third-order valence-electron chi connectivity index (χ3n) is 5.09. The SMILES string of the molecule is CC(Oc1ccc(O)cc1)C(=O)N1CCCN(C(=O)CNC(=O)c2ccccc2)CC1. The molecule has 1 fully saturated rings. The van der Waals surface area contributed by atoms with Gasteiger partial charge in [-0.25, -0.2) is 0 Å². The van der Waals surface area contributed by atoms with Gasteiger partial charge in [0.25, 0.3) is 11.8 Å². The fraction of sp³-hybridized carbons (Fsp3) is 0.348. The fourth-order valence-corrected chi connectivity index (χ4v) is 3.38. The standard InChI is InChI=1S/C23H27N3O5/c1-17(31-20-10-8-19(27)9-11-20)23(30)26-13-5-12-25(14-15-26)21(28)16-24-22(29)18-6-3-2-4-7-18/h2-4,6-11,17,27H,5,12-16H2,1H3,(H,24,29). The van der Waals surface area contributed by atoms with E-state index in [2.05, 4.69) is 5.32 Å². The van der Waals surface area contributed by atoms with E-state index in [-0.39, 0.29) is 30.0 Å². The number of aromatic hydroxyl groups is 1. The Morgan fingerprint density at radius 1 is 0.968 bits per heavy atom. The molecule has 1 aliphatic heterocycles. The summed E-state index contributed by atoms with van der Waals surface area (Å²) in [5.41, 5.74) is 0.505. The van der Waals surface area contributed by atoms with Gasteiger partial charge in [-0.1, -0.05) is 18.2 Å². The summed E-state index contributed by atoms with van der Waals surface area (Å²) in [7, 11) is 0. The molecule has 2 N–H and O–H groups in total. The number of nitrogens with zero attached hydrogens (tertiary/aromatic N) is 2. The quantitative estimate of drug-likeness (QED) is 0.733. The van der Waals surface area contributed by atoms with Crippen molar-refractivity contribution < 1.29 is 24.2 Å². The van der Waals surface area contributed by atoms with Gasteiger partial charge in [0.1, 0.15) is 11.5 Å². The van der Waals surface area contributed by atoms with Gasteiger partial charge in [-0.05, 0) is 49.7 Å². The van der Waals surface area contributed by atoms with Crippen LogP contribution >= 0.6 is 0 Å². The number of ether oxygens (including phenoxy) is 1. The maximum absolute atomic E-state index is 12.8. The van der Waals surface area contributed by atoms with Crippen molar-refractivity contribution in [2.45, 2.75) is 19.4 Å². The average molecular weight is 425 g/mol. The molecular formula is C23H27N3O5. The Balaban J connectivity index is 1.47. The van der Waals surface area contributed by atoms with Crippen molar-refractivity contribution in [1.82, 2.24) is 15.1 Å². The molecule has 1 atom stereocenters. The van der Waals surface area contributed by atoms with Crippen LogP contribution in [0.2, 0.25) is 0 Å². The molecule has 0 saturated carbocycles. The van der Waals surface area contributed by atoms with E-state index in [1.54, 1.807) is 53.1 Å². The lowest BCUT2D eigenvalue weighted by Gasteiger charge is -2.25. The molecule has 0 aromatic heterocycles. The second kappa shape index (κ2) is 10.5. The van der Waals surface area contributed by atoms with Gasteiger partial charge in [0.05, 0.1) is 6.54 Å². The highest BCUT2D eigenvalue weighted by atomic mass is 16.5. The summed E-state index contributed by atoms with van der Waals surface area (Å²) in [6.45, 7) is 3.46. The maximum atomic E-state index is 12.8. The van der Waals surface area contributed by atoms with Crippen molar-refractivity contribution in [3.8, 4) is 11.5 Å². The summed E-state index contributed by atoms with van der Waals surface area (Å²) < 4.78 is 5.68. The third kappa shape index (κ3) is 6.21. The summed E-state index contributed by atoms with van der Waals surface area (Å²) in [5.74, 6) is 0.00973. The molecule has 2 aromatic carbocycles. The molecule has 31 heavy (non-hydrogen) atoms. The molecule has 8 nitrogen and oxygen atoms in total. The van der Waals surface area contributed by atoms with Crippen molar-refractivity contribution in [3.05, 3.63) is 60.2 Å². The summed E-state index contributed by atoms with van der Waals surface area (Å²) in [6.07, 6.45) is -0.0345. The summed E-state index contributed by atoms with van der Waals surface area (Å²) in [6, 6.07) is 14.9. The first-order chi connectivity index (χ1) is 14.9. The van der Waals surface area contributed by atoms with Crippen LogP contribution in [0, 0.1) is 0 Å². The van der Waals surface area contributed by atoms with Crippen molar-refractivity contribution in [1.29, 1.82) is 0 Å². The Hall–Kier alpha value is -3.55. The number of rotatable bonds is 6. The molecule has 8 heteroatoms. The van der Waals surface area contributed by atoms with Crippen molar-refractivity contribution in [3.63, 3.8) is 0 Å². The lowest BCUT2D eigenvalue weighted by Crippen LogP contribution is -2.44. The van der Waals surface area contributed by atoms with Crippen LogP contribution in [-0.4, -0.2) is 71.5 Å². The van der Waals surface area contributed by atoms with Crippen LogP contribution in [0.1, 0.15) is 23.7 Å². The van der Waals surface area contributed by atoms with Gasteiger partial charge >= 0.3 is 0 Å². The first kappa shape index (κ1) is 22.1. The van der Waals surface area contributed by atoms with Crippen molar-refractivity contribution in [2.75, 3.05) is 32.7 Å². The van der Waals surface area contributed by atoms with E-state index in [1.807, 2.05) is 6.07 Å². The second-order valence-corrected chi connectivity index (χ2v) is 7.36. The molecule has 0 bridgehead atoms. The summed E-state index contributed by atoms with van der Waals surface area (Å²) in [5, 5.41) is 12.0. The van der Waals surface area contributed by atoms with Gasteiger partial charge in [-0.3, -0.25) is 14.4 Å². The van der Waals surface area contributed by atoms with Crippen LogP contribution in [0.5, 0.6) is 11.5 Å². The third-order valence-corrected chi connectivity index (χ3v) is 5.09. The fourth-order valence-electron chi connectivity index (χ4n) is 3.38. The molecule has 0 spiro atoms. The lowest BCUT2D eigenvalue weighted by molar-refractivity contribution is -0.138. The van der Waals surface area contributed by atoms with E-state index in [0.717, 1.165) is 0 Å². The highest BCUT2D eigenvalue weighted by molar-refractivity contribution is 5.96. The van der Waals surface area contributed by atoms with E-state index < -0.39 is 6.10 Å². The Kier molecular flexibility index (Phi) is 7.48. The molecule has 3 amide bonds. The topological polar surface area (TPSA) is 99.2 Å². The van der Waals surface area contributed by atoms with E-state index in [9.17, 15) is 19.5 Å². The van der Waals surface area contributed by atoms with Crippen LogP contribution in [0.15, 0.2) is 54.6 Å². The Morgan fingerprint density at radius 3 is 2.32 bits per heavy atom. The Labute approximate surface area is 181 Å². The number of amides is 3. The van der Waals surface area contributed by atoms with E-state index in [4.69, 9.17) is 4.74 Å². The van der Waals surface area contributed by atoms with Gasteiger partial charge in [0.15, 0.2) is 6.10 Å². The van der Waals surface area contributed by atoms with Crippen LogP contribution in [-0.2, 0) is 9.59 Å². The molecule has 164 valence electrons. The average Bonchev–Trinajstić information content (AvgIpc) is 3.05. The minimum atomic E-state index is -0.683. The number of phenolic OH excluding ortho intramolecular Hbond substituents is 1. The predicted molar refractivity (Wildman–Crippen MR) is 115 cm³/mol. The minimum Gasteiger partial charge on any atom is -0.508 e. The van der Waals surface area contributed by atoms with Crippen LogP contribution < -0.4 is 10.1 Å². The number of phenols is 1. The largest absolute Gasteiger partial charge is 0.508 e. The number of nitrogens with one attached hydrogen (secondary N) is 1. The summed E-state index contributed by atoms with van der Waals surface area (Å²) >= 11 is 0. The number of carbonyl (C=O) groups excluding carboxylic acids is 3. The maximum Gasteiger partial charge on any atom is 0.263 e. The number of hydrogen-bond acceptors (Lipinski definition) is 5. The van der Waals surface area contributed by atoms with Crippen LogP contribution in [0.3, 0.4) is 0 Å².